The van der Waals surface area contributed by atoms with Crippen molar-refractivity contribution in [2.45, 2.75) is 0 Å². The van der Waals surface area contributed by atoms with E-state index in [1.807, 2.05) is 17.5 Å². The highest BCUT2D eigenvalue weighted by Crippen LogP contribution is 2.09. The number of rotatable bonds is 2. The first-order chi connectivity index (χ1) is 4.79. The number of hydrogen-bond acceptors (Lipinski definition) is 2. The normalized spacial score (nSPS) is 10.4. The Morgan fingerprint density at radius 3 is 3.00 bits per heavy atom. The zero-order chi connectivity index (χ0) is 7.40. The van der Waals surface area contributed by atoms with Gasteiger partial charge in [0, 0.05) is 11.0 Å². The first-order valence-electron chi connectivity index (χ1n) is 2.73. The van der Waals surface area contributed by atoms with Gasteiger partial charge in [0.25, 0.3) is 0 Å². The van der Waals surface area contributed by atoms with Crippen LogP contribution in [0.1, 0.15) is 4.88 Å². The quantitative estimate of drug-likeness (QED) is 0.660. The Morgan fingerprint density at radius 2 is 2.50 bits per heavy atom. The van der Waals surface area contributed by atoms with Gasteiger partial charge >= 0.3 is 5.97 Å². The molecule has 0 unspecified atom stereocenters. The molecular formula is C7H6O2S. The predicted molar refractivity (Wildman–Crippen MR) is 41.0 cm³/mol. The van der Waals surface area contributed by atoms with Gasteiger partial charge in [-0.2, -0.15) is 0 Å². The highest BCUT2D eigenvalue weighted by atomic mass is 32.1. The summed E-state index contributed by atoms with van der Waals surface area (Å²) in [5.41, 5.74) is 0. The molecule has 0 aliphatic carbocycles. The summed E-state index contributed by atoms with van der Waals surface area (Å²) in [6.07, 6.45) is 2.71. The fraction of sp³-hybridized carbons (Fsp3) is 0. The van der Waals surface area contributed by atoms with Crippen LogP contribution in [-0.4, -0.2) is 11.1 Å². The molecule has 0 saturated carbocycles. The van der Waals surface area contributed by atoms with Gasteiger partial charge in [0.2, 0.25) is 0 Å². The van der Waals surface area contributed by atoms with Gasteiger partial charge in [0.05, 0.1) is 0 Å². The van der Waals surface area contributed by atoms with Crippen LogP contribution in [0.15, 0.2) is 23.6 Å². The van der Waals surface area contributed by atoms with Gasteiger partial charge in [-0.25, -0.2) is 4.79 Å². The van der Waals surface area contributed by atoms with Crippen LogP contribution in [0.25, 0.3) is 6.08 Å². The maximum absolute atomic E-state index is 10.0. The summed E-state index contributed by atoms with van der Waals surface area (Å²) in [4.78, 5) is 11.0. The highest BCUT2D eigenvalue weighted by Gasteiger charge is 1.87. The van der Waals surface area contributed by atoms with E-state index < -0.39 is 5.97 Å². The molecule has 0 saturated heterocycles. The van der Waals surface area contributed by atoms with Gasteiger partial charge in [-0.1, -0.05) is 6.07 Å². The molecule has 1 aromatic rings. The van der Waals surface area contributed by atoms with Gasteiger partial charge in [0.15, 0.2) is 0 Å². The molecule has 0 aliphatic rings. The minimum atomic E-state index is -0.909. The SMILES string of the molecule is O=C(O)/C=C\c1cccs1. The summed E-state index contributed by atoms with van der Waals surface area (Å²) >= 11 is 1.51. The molecule has 0 amide bonds. The lowest BCUT2D eigenvalue weighted by Crippen LogP contribution is -1.84. The van der Waals surface area contributed by atoms with E-state index in [9.17, 15) is 4.79 Å². The zero-order valence-electron chi connectivity index (χ0n) is 5.15. The van der Waals surface area contributed by atoms with Gasteiger partial charge in [-0.3, -0.25) is 0 Å². The van der Waals surface area contributed by atoms with E-state index in [-0.39, 0.29) is 0 Å². The van der Waals surface area contributed by atoms with Crippen LogP contribution < -0.4 is 0 Å². The minimum absolute atomic E-state index is 0.909. The van der Waals surface area contributed by atoms with E-state index in [2.05, 4.69) is 0 Å². The second-order valence-electron chi connectivity index (χ2n) is 1.69. The van der Waals surface area contributed by atoms with Crippen LogP contribution in [0.2, 0.25) is 0 Å². The molecule has 2 nitrogen and oxygen atoms in total. The lowest BCUT2D eigenvalue weighted by molar-refractivity contribution is -0.131. The largest absolute Gasteiger partial charge is 0.478 e. The lowest BCUT2D eigenvalue weighted by Gasteiger charge is -1.78. The third kappa shape index (κ3) is 2.03. The van der Waals surface area contributed by atoms with Crippen LogP contribution in [0.3, 0.4) is 0 Å². The molecule has 0 radical (unpaired) electrons. The Bertz CT molecular complexity index is 236. The Kier molecular flexibility index (Phi) is 2.23. The number of carbonyl (C=O) groups is 1. The van der Waals surface area contributed by atoms with Crippen LogP contribution >= 0.6 is 11.3 Å². The minimum Gasteiger partial charge on any atom is -0.478 e. The highest BCUT2D eigenvalue weighted by molar-refractivity contribution is 7.10. The average Bonchev–Trinajstić information content (AvgIpc) is 2.34. The summed E-state index contributed by atoms with van der Waals surface area (Å²) in [6, 6.07) is 3.75. The molecule has 1 N–H and O–H groups in total. The number of thiophene rings is 1. The number of aliphatic carboxylic acids is 1. The third-order valence-electron chi connectivity index (χ3n) is 0.933. The smallest absolute Gasteiger partial charge is 0.328 e. The fourth-order valence-electron chi connectivity index (χ4n) is 0.540. The van der Waals surface area contributed by atoms with Crippen LogP contribution in [0, 0.1) is 0 Å². The maximum atomic E-state index is 10.0. The van der Waals surface area contributed by atoms with E-state index in [4.69, 9.17) is 5.11 Å². The van der Waals surface area contributed by atoms with Crippen molar-refractivity contribution in [3.63, 3.8) is 0 Å². The van der Waals surface area contributed by atoms with Crippen molar-refractivity contribution in [2.75, 3.05) is 0 Å². The Labute approximate surface area is 62.4 Å². The van der Waals surface area contributed by atoms with Crippen molar-refractivity contribution in [3.8, 4) is 0 Å². The third-order valence-corrected chi connectivity index (χ3v) is 1.77. The van der Waals surface area contributed by atoms with Gasteiger partial charge in [0.1, 0.15) is 0 Å². The summed E-state index contributed by atoms with van der Waals surface area (Å²) in [5.74, 6) is -0.909. The molecule has 52 valence electrons. The topological polar surface area (TPSA) is 37.3 Å². The van der Waals surface area contributed by atoms with Crippen LogP contribution in [0.5, 0.6) is 0 Å². The second-order valence-corrected chi connectivity index (χ2v) is 2.67. The van der Waals surface area contributed by atoms with Crippen molar-refractivity contribution in [3.05, 3.63) is 28.5 Å². The van der Waals surface area contributed by atoms with Crippen molar-refractivity contribution >= 4 is 23.4 Å². The Morgan fingerprint density at radius 1 is 1.70 bits per heavy atom. The van der Waals surface area contributed by atoms with E-state index in [0.29, 0.717) is 0 Å². The van der Waals surface area contributed by atoms with Crippen molar-refractivity contribution in [1.29, 1.82) is 0 Å². The molecule has 1 aromatic heterocycles. The summed E-state index contributed by atoms with van der Waals surface area (Å²) in [6.45, 7) is 0. The standard InChI is InChI=1S/C7H6O2S/c8-7(9)4-3-6-2-1-5-10-6/h1-5H,(H,8,9)/b4-3-. The molecule has 0 aliphatic heterocycles. The summed E-state index contributed by atoms with van der Waals surface area (Å²) < 4.78 is 0. The molecule has 0 aromatic carbocycles. The molecule has 10 heavy (non-hydrogen) atoms. The molecule has 1 rings (SSSR count). The van der Waals surface area contributed by atoms with Gasteiger partial charge in [-0.15, -0.1) is 11.3 Å². The summed E-state index contributed by atoms with van der Waals surface area (Å²) in [7, 11) is 0. The number of hydrogen-bond donors (Lipinski definition) is 1. The second kappa shape index (κ2) is 3.17. The van der Waals surface area contributed by atoms with E-state index >= 15 is 0 Å². The van der Waals surface area contributed by atoms with Crippen LogP contribution in [-0.2, 0) is 4.79 Å². The predicted octanol–water partition coefficient (Wildman–Crippen LogP) is 1.85. The van der Waals surface area contributed by atoms with Crippen molar-refractivity contribution in [1.82, 2.24) is 0 Å². The van der Waals surface area contributed by atoms with E-state index in [1.165, 1.54) is 11.3 Å². The molecule has 0 atom stereocenters. The van der Waals surface area contributed by atoms with Gasteiger partial charge in [-0.05, 0) is 17.5 Å². The summed E-state index contributed by atoms with van der Waals surface area (Å²) in [5, 5.41) is 10.1. The van der Waals surface area contributed by atoms with E-state index in [0.717, 1.165) is 11.0 Å². The average molecular weight is 154 g/mol. The molecule has 0 fully saturated rings. The van der Waals surface area contributed by atoms with E-state index in [1.54, 1.807) is 6.08 Å². The first-order valence-corrected chi connectivity index (χ1v) is 3.61. The Balaban J connectivity index is 2.64. The van der Waals surface area contributed by atoms with Crippen molar-refractivity contribution < 1.29 is 9.90 Å². The fourth-order valence-corrected chi connectivity index (χ4v) is 1.16. The van der Waals surface area contributed by atoms with Crippen molar-refractivity contribution in [2.24, 2.45) is 0 Å². The monoisotopic (exact) mass is 154 g/mol. The Hall–Kier alpha value is -1.09. The first kappa shape index (κ1) is 7.02. The molecule has 0 spiro atoms. The van der Waals surface area contributed by atoms with Crippen LogP contribution in [0.4, 0.5) is 0 Å². The zero-order valence-corrected chi connectivity index (χ0v) is 5.97. The molecular weight excluding hydrogens is 148 g/mol. The molecule has 0 bridgehead atoms. The maximum Gasteiger partial charge on any atom is 0.328 e. The molecule has 1 heterocycles. The van der Waals surface area contributed by atoms with Gasteiger partial charge < -0.3 is 5.11 Å². The molecule has 3 heteroatoms. The number of carboxylic acid groups (broad SMARTS) is 1. The lowest BCUT2D eigenvalue weighted by atomic mass is 10.4. The number of carboxylic acids is 1.